The molecule has 0 rings (SSSR count). The molecule has 0 aliphatic carbocycles. The standard InChI is InChI=1S/C8H16N2O6/c1-5(2)7(15-9(11)12)8(6(3)4)16-10(13)14/h5-8H,1-4H3. The van der Waals surface area contributed by atoms with Crippen LogP contribution < -0.4 is 0 Å². The van der Waals surface area contributed by atoms with Gasteiger partial charge in [-0.3, -0.25) is 0 Å². The van der Waals surface area contributed by atoms with E-state index in [1.54, 1.807) is 27.7 Å². The lowest BCUT2D eigenvalue weighted by molar-refractivity contribution is -0.802. The summed E-state index contributed by atoms with van der Waals surface area (Å²) in [5.74, 6) is -0.532. The van der Waals surface area contributed by atoms with Crippen LogP contribution in [-0.4, -0.2) is 22.4 Å². The smallest absolute Gasteiger partial charge is 0.294 e. The molecule has 0 saturated heterocycles. The fourth-order valence-corrected chi connectivity index (χ4v) is 1.32. The highest BCUT2D eigenvalue weighted by atomic mass is 17.0. The summed E-state index contributed by atoms with van der Waals surface area (Å²) in [5.41, 5.74) is 0. The van der Waals surface area contributed by atoms with Crippen LogP contribution in [0, 0.1) is 32.1 Å². The molecule has 8 heteroatoms. The van der Waals surface area contributed by atoms with Gasteiger partial charge in [0.05, 0.1) is 0 Å². The van der Waals surface area contributed by atoms with Gasteiger partial charge in [-0.15, -0.1) is 20.2 Å². The van der Waals surface area contributed by atoms with E-state index in [4.69, 9.17) is 0 Å². The summed E-state index contributed by atoms with van der Waals surface area (Å²) < 4.78 is 0. The zero-order valence-corrected chi connectivity index (χ0v) is 9.65. The van der Waals surface area contributed by atoms with Gasteiger partial charge >= 0.3 is 0 Å². The minimum atomic E-state index is -0.958. The van der Waals surface area contributed by atoms with Crippen LogP contribution in [0.5, 0.6) is 0 Å². The highest BCUT2D eigenvalue weighted by Gasteiger charge is 2.33. The number of nitrogens with zero attached hydrogens (tertiary/aromatic N) is 2. The number of hydrogen-bond acceptors (Lipinski definition) is 6. The molecule has 0 saturated carbocycles. The molecule has 0 aliphatic heterocycles. The fraction of sp³-hybridized carbons (Fsp3) is 1.00. The minimum Gasteiger partial charge on any atom is -0.308 e. The van der Waals surface area contributed by atoms with Crippen LogP contribution in [0.15, 0.2) is 0 Å². The van der Waals surface area contributed by atoms with Crippen molar-refractivity contribution in [2.45, 2.75) is 39.9 Å². The summed E-state index contributed by atoms with van der Waals surface area (Å²) in [7, 11) is 0. The van der Waals surface area contributed by atoms with Gasteiger partial charge in [-0.1, -0.05) is 27.7 Å². The molecule has 0 aromatic heterocycles. The van der Waals surface area contributed by atoms with Gasteiger partial charge in [0.2, 0.25) is 0 Å². The zero-order chi connectivity index (χ0) is 12.9. The van der Waals surface area contributed by atoms with E-state index in [1.807, 2.05) is 0 Å². The monoisotopic (exact) mass is 236 g/mol. The summed E-state index contributed by atoms with van der Waals surface area (Å²) in [5, 5.41) is 18.7. The van der Waals surface area contributed by atoms with Crippen molar-refractivity contribution in [2.24, 2.45) is 11.8 Å². The SMILES string of the molecule is CC(C)C(O[N+](=O)[O-])C(O[N+](=O)[O-])C(C)C. The normalized spacial score (nSPS) is 14.6. The Morgan fingerprint density at radius 3 is 1.19 bits per heavy atom. The lowest BCUT2D eigenvalue weighted by Crippen LogP contribution is -2.42. The molecule has 0 amide bonds. The Balaban J connectivity index is 4.79. The maximum atomic E-state index is 10.3. The third kappa shape index (κ3) is 4.76. The van der Waals surface area contributed by atoms with Gasteiger partial charge in [0.15, 0.2) is 0 Å². The van der Waals surface area contributed by atoms with Crippen LogP contribution in [0.2, 0.25) is 0 Å². The third-order valence-electron chi connectivity index (χ3n) is 2.05. The first-order valence-corrected chi connectivity index (χ1v) is 4.88. The van der Waals surface area contributed by atoms with E-state index in [-0.39, 0.29) is 11.8 Å². The van der Waals surface area contributed by atoms with Crippen molar-refractivity contribution in [3.8, 4) is 0 Å². The van der Waals surface area contributed by atoms with Crippen LogP contribution in [0.3, 0.4) is 0 Å². The summed E-state index contributed by atoms with van der Waals surface area (Å²) >= 11 is 0. The molecule has 94 valence electrons. The summed E-state index contributed by atoms with van der Waals surface area (Å²) in [4.78, 5) is 29.4. The molecule has 0 fully saturated rings. The second kappa shape index (κ2) is 6.09. The highest BCUT2D eigenvalue weighted by molar-refractivity contribution is 4.74. The Bertz CT molecular complexity index is 229. The minimum absolute atomic E-state index is 0.266. The van der Waals surface area contributed by atoms with Gasteiger partial charge in [-0.05, 0) is 11.8 Å². The van der Waals surface area contributed by atoms with Crippen molar-refractivity contribution in [1.82, 2.24) is 0 Å². The van der Waals surface area contributed by atoms with Crippen molar-refractivity contribution in [3.05, 3.63) is 20.2 Å². The van der Waals surface area contributed by atoms with Gasteiger partial charge in [0.25, 0.3) is 10.2 Å². The first-order chi connectivity index (χ1) is 7.25. The van der Waals surface area contributed by atoms with Crippen molar-refractivity contribution in [2.75, 3.05) is 0 Å². The molecule has 8 nitrogen and oxygen atoms in total. The van der Waals surface area contributed by atoms with Crippen molar-refractivity contribution >= 4 is 0 Å². The van der Waals surface area contributed by atoms with Crippen molar-refractivity contribution in [3.63, 3.8) is 0 Å². The van der Waals surface area contributed by atoms with Crippen LogP contribution >= 0.6 is 0 Å². The van der Waals surface area contributed by atoms with E-state index in [9.17, 15) is 20.2 Å². The topological polar surface area (TPSA) is 105 Å². The highest BCUT2D eigenvalue weighted by Crippen LogP contribution is 2.20. The van der Waals surface area contributed by atoms with E-state index >= 15 is 0 Å². The molecule has 0 aromatic rings. The molecular formula is C8H16N2O6. The molecule has 0 aliphatic rings. The molecule has 0 heterocycles. The van der Waals surface area contributed by atoms with E-state index in [0.29, 0.717) is 0 Å². The lowest BCUT2D eigenvalue weighted by atomic mass is 9.94. The molecule has 0 aromatic carbocycles. The predicted molar refractivity (Wildman–Crippen MR) is 53.4 cm³/mol. The summed E-state index contributed by atoms with van der Waals surface area (Å²) in [6.07, 6.45) is -1.92. The Hall–Kier alpha value is -1.60. The maximum Gasteiger partial charge on any atom is 0.294 e. The zero-order valence-electron chi connectivity index (χ0n) is 9.65. The molecule has 2 atom stereocenters. The lowest BCUT2D eigenvalue weighted by Gasteiger charge is -2.28. The molecule has 2 unspecified atom stereocenters. The first kappa shape index (κ1) is 14.4. The largest absolute Gasteiger partial charge is 0.308 e. The fourth-order valence-electron chi connectivity index (χ4n) is 1.32. The summed E-state index contributed by atoms with van der Waals surface area (Å²) in [6, 6.07) is 0. The Kier molecular flexibility index (Phi) is 5.48. The molecule has 16 heavy (non-hydrogen) atoms. The van der Waals surface area contributed by atoms with Gasteiger partial charge < -0.3 is 9.68 Å². The third-order valence-corrected chi connectivity index (χ3v) is 2.05. The van der Waals surface area contributed by atoms with Gasteiger partial charge in [-0.25, -0.2) is 0 Å². The van der Waals surface area contributed by atoms with Gasteiger partial charge in [0, 0.05) is 0 Å². The summed E-state index contributed by atoms with van der Waals surface area (Å²) in [6.45, 7) is 6.69. The quantitative estimate of drug-likeness (QED) is 0.489. The molecule has 0 radical (unpaired) electrons. The van der Waals surface area contributed by atoms with E-state index < -0.39 is 22.4 Å². The van der Waals surface area contributed by atoms with E-state index in [2.05, 4.69) is 9.68 Å². The van der Waals surface area contributed by atoms with E-state index in [1.165, 1.54) is 0 Å². The number of rotatable bonds is 7. The molecule has 0 N–H and O–H groups in total. The van der Waals surface area contributed by atoms with Gasteiger partial charge in [0.1, 0.15) is 12.2 Å². The van der Waals surface area contributed by atoms with Crippen LogP contribution in [-0.2, 0) is 9.68 Å². The Morgan fingerprint density at radius 2 is 1.06 bits per heavy atom. The van der Waals surface area contributed by atoms with Gasteiger partial charge in [-0.2, -0.15) is 0 Å². The number of hydrogen-bond donors (Lipinski definition) is 0. The van der Waals surface area contributed by atoms with Crippen LogP contribution in [0.1, 0.15) is 27.7 Å². The molecule has 0 bridgehead atoms. The predicted octanol–water partition coefficient (Wildman–Crippen LogP) is 1.45. The first-order valence-electron chi connectivity index (χ1n) is 4.88. The Labute approximate surface area is 92.7 Å². The molecular weight excluding hydrogens is 220 g/mol. The average molecular weight is 236 g/mol. The Morgan fingerprint density at radius 1 is 0.812 bits per heavy atom. The maximum absolute atomic E-state index is 10.3. The molecule has 0 spiro atoms. The second-order valence-corrected chi connectivity index (χ2v) is 4.08. The second-order valence-electron chi connectivity index (χ2n) is 4.08. The van der Waals surface area contributed by atoms with Crippen molar-refractivity contribution < 1.29 is 19.8 Å². The van der Waals surface area contributed by atoms with Crippen LogP contribution in [0.4, 0.5) is 0 Å². The van der Waals surface area contributed by atoms with Crippen molar-refractivity contribution in [1.29, 1.82) is 0 Å². The average Bonchev–Trinajstić information content (AvgIpc) is 2.09. The van der Waals surface area contributed by atoms with E-state index in [0.717, 1.165) is 0 Å². The van der Waals surface area contributed by atoms with Crippen LogP contribution in [0.25, 0.3) is 0 Å².